The van der Waals surface area contributed by atoms with E-state index in [1.165, 1.54) is 0 Å². The smallest absolute Gasteiger partial charge is 0.243 e. The summed E-state index contributed by atoms with van der Waals surface area (Å²) in [5.41, 5.74) is 0.384. The molecule has 1 atom stereocenters. The van der Waals surface area contributed by atoms with E-state index < -0.39 is 16.1 Å². The summed E-state index contributed by atoms with van der Waals surface area (Å²) in [7, 11) is -3.63. The summed E-state index contributed by atoms with van der Waals surface area (Å²) in [5, 5.41) is 2.84. The van der Waals surface area contributed by atoms with Crippen molar-refractivity contribution in [1.82, 2.24) is 5.32 Å². The molecule has 0 saturated heterocycles. The first-order valence-corrected chi connectivity index (χ1v) is 9.40. The molecule has 1 saturated carbocycles. The number of ether oxygens (including phenoxy) is 2. The zero-order valence-corrected chi connectivity index (χ0v) is 13.9. The van der Waals surface area contributed by atoms with Crippen molar-refractivity contribution in [2.75, 3.05) is 23.8 Å². The van der Waals surface area contributed by atoms with Crippen molar-refractivity contribution in [2.24, 2.45) is 0 Å². The molecule has 1 fully saturated rings. The van der Waals surface area contributed by atoms with E-state index in [0.717, 1.165) is 23.4 Å². The molecule has 1 N–H and O–H groups in total. The van der Waals surface area contributed by atoms with E-state index in [1.807, 2.05) is 0 Å². The Bertz CT molecular complexity index is 715. The summed E-state index contributed by atoms with van der Waals surface area (Å²) in [5.74, 6) is 0.758. The molecule has 23 heavy (non-hydrogen) atoms. The van der Waals surface area contributed by atoms with Gasteiger partial charge in [0.2, 0.25) is 15.9 Å². The number of benzene rings is 1. The molecule has 1 aromatic carbocycles. The minimum Gasteiger partial charge on any atom is -0.486 e. The minimum atomic E-state index is -3.63. The molecule has 1 aliphatic carbocycles. The number of fused-ring (bicyclic) bond motifs is 1. The average molecular weight is 340 g/mol. The molecular formula is C15H20N2O5S. The predicted molar refractivity (Wildman–Crippen MR) is 85.4 cm³/mol. The number of nitrogens with one attached hydrogen (secondary N) is 1. The number of amides is 1. The highest BCUT2D eigenvalue weighted by molar-refractivity contribution is 7.92. The molecule has 1 aromatic rings. The van der Waals surface area contributed by atoms with Gasteiger partial charge in [0.25, 0.3) is 0 Å². The maximum atomic E-state index is 12.3. The highest BCUT2D eigenvalue weighted by atomic mass is 32.2. The van der Waals surface area contributed by atoms with Gasteiger partial charge >= 0.3 is 0 Å². The van der Waals surface area contributed by atoms with Gasteiger partial charge in [0, 0.05) is 12.1 Å². The molecule has 1 aliphatic heterocycles. The van der Waals surface area contributed by atoms with Gasteiger partial charge in [0.15, 0.2) is 11.5 Å². The Morgan fingerprint density at radius 3 is 2.52 bits per heavy atom. The second kappa shape index (κ2) is 5.92. The van der Waals surface area contributed by atoms with Crippen molar-refractivity contribution in [1.29, 1.82) is 0 Å². The first kappa shape index (κ1) is 15.9. The first-order valence-electron chi connectivity index (χ1n) is 7.55. The van der Waals surface area contributed by atoms with Crippen LogP contribution in [0.15, 0.2) is 18.2 Å². The SMILES string of the molecule is C[C@H](C(=O)NC1CC1)N(c1ccc2c(c1)OCCO2)S(C)(=O)=O. The minimum absolute atomic E-state index is 0.173. The van der Waals surface area contributed by atoms with Crippen LogP contribution in [0.1, 0.15) is 19.8 Å². The monoisotopic (exact) mass is 340 g/mol. The van der Waals surface area contributed by atoms with Gasteiger partial charge in [0.05, 0.1) is 11.9 Å². The largest absolute Gasteiger partial charge is 0.486 e. The Morgan fingerprint density at radius 1 is 1.26 bits per heavy atom. The Balaban J connectivity index is 1.91. The molecule has 0 radical (unpaired) electrons. The maximum absolute atomic E-state index is 12.3. The number of hydrogen-bond acceptors (Lipinski definition) is 5. The molecule has 0 unspecified atom stereocenters. The molecule has 1 amide bonds. The molecule has 3 rings (SSSR count). The normalized spacial score (nSPS) is 18.2. The summed E-state index contributed by atoms with van der Waals surface area (Å²) in [6, 6.07) is 4.21. The van der Waals surface area contributed by atoms with Crippen LogP contribution in [-0.2, 0) is 14.8 Å². The molecule has 2 aliphatic rings. The standard InChI is InChI=1S/C15H20N2O5S/c1-10(15(18)16-11-3-4-11)17(23(2,19)20)12-5-6-13-14(9-12)22-8-7-21-13/h5-6,9-11H,3-4,7-8H2,1-2H3,(H,16,18)/t10-/m1/s1. The molecule has 0 spiro atoms. The van der Waals surface area contributed by atoms with Crippen molar-refractivity contribution in [2.45, 2.75) is 31.8 Å². The highest BCUT2D eigenvalue weighted by Gasteiger charge is 2.33. The van der Waals surface area contributed by atoms with Crippen molar-refractivity contribution in [3.05, 3.63) is 18.2 Å². The predicted octanol–water partition coefficient (Wildman–Crippen LogP) is 0.891. The van der Waals surface area contributed by atoms with Crippen molar-refractivity contribution in [3.63, 3.8) is 0 Å². The fourth-order valence-corrected chi connectivity index (χ4v) is 3.69. The number of anilines is 1. The highest BCUT2D eigenvalue weighted by Crippen LogP contribution is 2.35. The van der Waals surface area contributed by atoms with Crippen LogP contribution in [0.4, 0.5) is 5.69 Å². The van der Waals surface area contributed by atoms with Gasteiger partial charge in [-0.1, -0.05) is 0 Å². The summed E-state index contributed by atoms with van der Waals surface area (Å²) >= 11 is 0. The quantitative estimate of drug-likeness (QED) is 0.860. The van der Waals surface area contributed by atoms with Crippen LogP contribution >= 0.6 is 0 Å². The zero-order valence-electron chi connectivity index (χ0n) is 13.1. The van der Waals surface area contributed by atoms with Gasteiger partial charge in [-0.3, -0.25) is 9.10 Å². The van der Waals surface area contributed by atoms with Crippen molar-refractivity contribution in [3.8, 4) is 11.5 Å². The van der Waals surface area contributed by atoms with E-state index in [0.29, 0.717) is 30.4 Å². The number of carbonyl (C=O) groups is 1. The molecule has 0 aromatic heterocycles. The van der Waals surface area contributed by atoms with Crippen LogP contribution in [-0.4, -0.2) is 45.9 Å². The van der Waals surface area contributed by atoms with Crippen molar-refractivity contribution < 1.29 is 22.7 Å². The van der Waals surface area contributed by atoms with E-state index in [1.54, 1.807) is 25.1 Å². The third-order valence-electron chi connectivity index (χ3n) is 3.79. The lowest BCUT2D eigenvalue weighted by Gasteiger charge is -2.29. The molecular weight excluding hydrogens is 320 g/mol. The van der Waals surface area contributed by atoms with Gasteiger partial charge in [-0.05, 0) is 31.9 Å². The number of hydrogen-bond donors (Lipinski definition) is 1. The molecule has 8 heteroatoms. The lowest BCUT2D eigenvalue weighted by Crippen LogP contribution is -2.48. The van der Waals surface area contributed by atoms with Crippen LogP contribution in [0.25, 0.3) is 0 Å². The maximum Gasteiger partial charge on any atom is 0.243 e. The summed E-state index contributed by atoms with van der Waals surface area (Å²) in [6.45, 7) is 2.45. The number of sulfonamides is 1. The summed E-state index contributed by atoms with van der Waals surface area (Å²) in [4.78, 5) is 12.3. The van der Waals surface area contributed by atoms with Gasteiger partial charge in [-0.25, -0.2) is 8.42 Å². The van der Waals surface area contributed by atoms with E-state index in [4.69, 9.17) is 9.47 Å². The third-order valence-corrected chi connectivity index (χ3v) is 5.03. The van der Waals surface area contributed by atoms with Crippen molar-refractivity contribution >= 4 is 21.6 Å². The molecule has 1 heterocycles. The molecule has 0 bridgehead atoms. The van der Waals surface area contributed by atoms with E-state index in [2.05, 4.69) is 5.32 Å². The summed E-state index contributed by atoms with van der Waals surface area (Å²) < 4.78 is 36.5. The van der Waals surface area contributed by atoms with Crippen LogP contribution in [0, 0.1) is 0 Å². The number of nitrogens with zero attached hydrogens (tertiary/aromatic N) is 1. The van der Waals surface area contributed by atoms with E-state index in [9.17, 15) is 13.2 Å². The molecule has 126 valence electrons. The van der Waals surface area contributed by atoms with Gasteiger partial charge in [-0.2, -0.15) is 0 Å². The van der Waals surface area contributed by atoms with Gasteiger partial charge < -0.3 is 14.8 Å². The van der Waals surface area contributed by atoms with Crippen LogP contribution in [0.5, 0.6) is 11.5 Å². The molecule has 7 nitrogen and oxygen atoms in total. The van der Waals surface area contributed by atoms with E-state index in [-0.39, 0.29) is 11.9 Å². The lowest BCUT2D eigenvalue weighted by atomic mass is 10.2. The second-order valence-electron chi connectivity index (χ2n) is 5.85. The Kier molecular flexibility index (Phi) is 4.09. The van der Waals surface area contributed by atoms with Gasteiger partial charge in [0.1, 0.15) is 19.3 Å². The third kappa shape index (κ3) is 3.52. The average Bonchev–Trinajstić information content (AvgIpc) is 3.29. The number of carbonyl (C=O) groups excluding carboxylic acids is 1. The zero-order chi connectivity index (χ0) is 16.6. The van der Waals surface area contributed by atoms with Crippen LogP contribution in [0.3, 0.4) is 0 Å². The first-order chi connectivity index (χ1) is 10.9. The van der Waals surface area contributed by atoms with Crippen LogP contribution < -0.4 is 19.1 Å². The second-order valence-corrected chi connectivity index (χ2v) is 7.71. The lowest BCUT2D eigenvalue weighted by molar-refractivity contribution is -0.121. The Hall–Kier alpha value is -1.96. The summed E-state index contributed by atoms with van der Waals surface area (Å²) in [6.07, 6.45) is 2.98. The van der Waals surface area contributed by atoms with E-state index >= 15 is 0 Å². The fourth-order valence-electron chi connectivity index (χ4n) is 2.53. The topological polar surface area (TPSA) is 84.9 Å². The van der Waals surface area contributed by atoms with Gasteiger partial charge in [-0.15, -0.1) is 0 Å². The Morgan fingerprint density at radius 2 is 1.91 bits per heavy atom. The Labute approximate surface area is 135 Å². The number of rotatable bonds is 5. The fraction of sp³-hybridized carbons (Fsp3) is 0.533. The van der Waals surface area contributed by atoms with Crippen LogP contribution in [0.2, 0.25) is 0 Å².